The fourth-order valence-corrected chi connectivity index (χ4v) is 5.12. The molecule has 2 aromatic rings. The normalized spacial score (nSPS) is 20.8. The number of amides is 1. The van der Waals surface area contributed by atoms with E-state index in [1.807, 2.05) is 12.1 Å². The number of aryl methyl sites for hydroxylation is 1. The molecule has 4 rings (SSSR count). The lowest BCUT2D eigenvalue weighted by Crippen LogP contribution is -2.43. The van der Waals surface area contributed by atoms with Crippen LogP contribution in [0.5, 0.6) is 0 Å². The van der Waals surface area contributed by atoms with E-state index in [2.05, 4.69) is 16.3 Å². The number of likely N-dealkylation sites (tertiary alicyclic amines) is 1. The summed E-state index contributed by atoms with van der Waals surface area (Å²) in [5, 5.41) is 13.6. The number of carbonyl (C=O) groups is 1. The number of anilines is 1. The standard InChI is InChI=1S/C24H26ClF3N2O2/c1-15(31)29-19-6-4-16-2-3-17(20(16)13-19)14-30-10-8-23(32,9-11-30)18-5-7-22(25)21(12-18)24(26,27)28/h4-7,12-13,17,32H,2-3,8-11,14H2,1H3,(H,29,31). The van der Waals surface area contributed by atoms with Crippen molar-refractivity contribution in [1.82, 2.24) is 4.90 Å². The van der Waals surface area contributed by atoms with Crippen LogP contribution in [0.3, 0.4) is 0 Å². The van der Waals surface area contributed by atoms with Crippen molar-refractivity contribution in [2.45, 2.75) is 50.3 Å². The molecule has 0 bridgehead atoms. The van der Waals surface area contributed by atoms with Crippen molar-refractivity contribution < 1.29 is 23.1 Å². The zero-order valence-electron chi connectivity index (χ0n) is 17.8. The van der Waals surface area contributed by atoms with Gasteiger partial charge < -0.3 is 15.3 Å². The summed E-state index contributed by atoms with van der Waals surface area (Å²) in [6.45, 7) is 3.49. The topological polar surface area (TPSA) is 52.6 Å². The van der Waals surface area contributed by atoms with Crippen LogP contribution in [0, 0.1) is 0 Å². The second-order valence-corrected chi connectivity index (χ2v) is 9.26. The largest absolute Gasteiger partial charge is 0.417 e. The zero-order chi connectivity index (χ0) is 23.1. The number of aliphatic hydroxyl groups is 1. The molecule has 32 heavy (non-hydrogen) atoms. The number of hydrogen-bond donors (Lipinski definition) is 2. The molecule has 1 atom stereocenters. The van der Waals surface area contributed by atoms with Crippen molar-refractivity contribution >= 4 is 23.2 Å². The molecular weight excluding hydrogens is 441 g/mol. The van der Waals surface area contributed by atoms with Crippen molar-refractivity contribution in [3.8, 4) is 0 Å². The summed E-state index contributed by atoms with van der Waals surface area (Å²) in [4.78, 5) is 13.6. The zero-order valence-corrected chi connectivity index (χ0v) is 18.6. The average molecular weight is 467 g/mol. The predicted molar refractivity (Wildman–Crippen MR) is 118 cm³/mol. The van der Waals surface area contributed by atoms with Crippen LogP contribution in [0.15, 0.2) is 36.4 Å². The molecule has 1 fully saturated rings. The molecule has 1 unspecified atom stereocenters. The first-order valence-electron chi connectivity index (χ1n) is 10.8. The third-order valence-electron chi connectivity index (χ3n) is 6.64. The number of carbonyl (C=O) groups excluding carboxylic acids is 1. The molecule has 0 spiro atoms. The van der Waals surface area contributed by atoms with Crippen LogP contribution in [0.25, 0.3) is 0 Å². The summed E-state index contributed by atoms with van der Waals surface area (Å²) in [6, 6.07) is 9.71. The highest BCUT2D eigenvalue weighted by Gasteiger charge is 2.39. The lowest BCUT2D eigenvalue weighted by atomic mass is 9.83. The Labute approximate surface area is 190 Å². The molecule has 0 radical (unpaired) electrons. The van der Waals surface area contributed by atoms with Crippen molar-refractivity contribution in [2.24, 2.45) is 0 Å². The number of halogens is 4. The molecule has 2 N–H and O–H groups in total. The Kier molecular flexibility index (Phi) is 6.27. The molecule has 0 saturated carbocycles. The van der Waals surface area contributed by atoms with Crippen LogP contribution in [0.4, 0.5) is 18.9 Å². The van der Waals surface area contributed by atoms with Crippen molar-refractivity contribution in [1.29, 1.82) is 0 Å². The molecule has 2 aromatic carbocycles. The van der Waals surface area contributed by atoms with Crippen LogP contribution < -0.4 is 5.32 Å². The van der Waals surface area contributed by atoms with E-state index in [-0.39, 0.29) is 16.5 Å². The smallest absolute Gasteiger partial charge is 0.385 e. The first-order valence-corrected chi connectivity index (χ1v) is 11.2. The lowest BCUT2D eigenvalue weighted by Gasteiger charge is -2.39. The highest BCUT2D eigenvalue weighted by molar-refractivity contribution is 6.31. The molecule has 4 nitrogen and oxygen atoms in total. The minimum atomic E-state index is -4.56. The van der Waals surface area contributed by atoms with Gasteiger partial charge in [-0.15, -0.1) is 0 Å². The maximum Gasteiger partial charge on any atom is 0.417 e. The van der Waals surface area contributed by atoms with Gasteiger partial charge in [0.2, 0.25) is 5.91 Å². The lowest BCUT2D eigenvalue weighted by molar-refractivity contribution is -0.137. The fourth-order valence-electron chi connectivity index (χ4n) is 4.90. The van der Waals surface area contributed by atoms with E-state index in [4.69, 9.17) is 11.6 Å². The molecule has 1 heterocycles. The van der Waals surface area contributed by atoms with Gasteiger partial charge in [-0.05, 0) is 72.6 Å². The van der Waals surface area contributed by atoms with Crippen LogP contribution in [0.1, 0.15) is 54.4 Å². The Hall–Kier alpha value is -2.09. The molecular formula is C24H26ClF3N2O2. The van der Waals surface area contributed by atoms with E-state index in [1.54, 1.807) is 0 Å². The Morgan fingerprint density at radius 1 is 1.22 bits per heavy atom. The third kappa shape index (κ3) is 4.80. The Morgan fingerprint density at radius 3 is 2.59 bits per heavy atom. The number of nitrogens with one attached hydrogen (secondary N) is 1. The van der Waals surface area contributed by atoms with Crippen LogP contribution in [-0.4, -0.2) is 35.5 Å². The third-order valence-corrected chi connectivity index (χ3v) is 6.97. The van der Waals surface area contributed by atoms with Gasteiger partial charge in [0.1, 0.15) is 0 Å². The van der Waals surface area contributed by atoms with E-state index >= 15 is 0 Å². The van der Waals surface area contributed by atoms with Gasteiger partial charge in [-0.2, -0.15) is 13.2 Å². The predicted octanol–water partition coefficient (Wildman–Crippen LogP) is 5.33. The van der Waals surface area contributed by atoms with Crippen molar-refractivity contribution in [2.75, 3.05) is 25.0 Å². The summed E-state index contributed by atoms with van der Waals surface area (Å²) in [5.74, 6) is 0.225. The fraction of sp³-hybridized carbons (Fsp3) is 0.458. The number of rotatable bonds is 4. The quantitative estimate of drug-likeness (QED) is 0.640. The van der Waals surface area contributed by atoms with E-state index in [0.29, 0.717) is 31.8 Å². The van der Waals surface area contributed by atoms with Gasteiger partial charge in [0.05, 0.1) is 16.2 Å². The highest BCUT2D eigenvalue weighted by atomic mass is 35.5. The Balaban J connectivity index is 1.43. The SMILES string of the molecule is CC(=O)Nc1ccc2c(c1)C(CN1CCC(O)(c3ccc(Cl)c(C(F)(F)F)c3)CC1)CC2. The number of hydrogen-bond acceptors (Lipinski definition) is 3. The average Bonchev–Trinajstić information content (AvgIpc) is 3.11. The highest BCUT2D eigenvalue weighted by Crippen LogP contribution is 2.41. The van der Waals surface area contributed by atoms with Crippen molar-refractivity contribution in [3.63, 3.8) is 0 Å². The maximum absolute atomic E-state index is 13.2. The Bertz CT molecular complexity index is 1020. The second kappa shape index (κ2) is 8.69. The summed E-state index contributed by atoms with van der Waals surface area (Å²) < 4.78 is 39.7. The van der Waals surface area contributed by atoms with E-state index < -0.39 is 17.3 Å². The van der Waals surface area contributed by atoms with Gasteiger partial charge in [-0.3, -0.25) is 4.79 Å². The number of benzene rings is 2. The molecule has 172 valence electrons. The van der Waals surface area contributed by atoms with Gasteiger partial charge >= 0.3 is 6.18 Å². The molecule has 2 aliphatic rings. The van der Waals surface area contributed by atoms with Gasteiger partial charge in [-0.1, -0.05) is 23.7 Å². The molecule has 1 amide bonds. The van der Waals surface area contributed by atoms with Crippen LogP contribution in [-0.2, 0) is 23.0 Å². The van der Waals surface area contributed by atoms with Gasteiger partial charge in [0.25, 0.3) is 0 Å². The van der Waals surface area contributed by atoms with Crippen molar-refractivity contribution in [3.05, 3.63) is 63.7 Å². The minimum absolute atomic E-state index is 0.106. The second-order valence-electron chi connectivity index (χ2n) is 8.85. The molecule has 1 aliphatic carbocycles. The first-order chi connectivity index (χ1) is 15.0. The van der Waals surface area contributed by atoms with Gasteiger partial charge in [-0.25, -0.2) is 0 Å². The number of piperidine rings is 1. The van der Waals surface area contributed by atoms with Gasteiger partial charge in [0.15, 0.2) is 0 Å². The summed E-state index contributed by atoms with van der Waals surface area (Å²) in [5.41, 5.74) is 1.38. The van der Waals surface area contributed by atoms with E-state index in [1.165, 1.54) is 30.2 Å². The Morgan fingerprint density at radius 2 is 1.94 bits per heavy atom. The molecule has 1 aliphatic heterocycles. The first kappa shape index (κ1) is 23.1. The maximum atomic E-state index is 13.2. The number of fused-ring (bicyclic) bond motifs is 1. The van der Waals surface area contributed by atoms with E-state index in [9.17, 15) is 23.1 Å². The summed E-state index contributed by atoms with van der Waals surface area (Å²) in [7, 11) is 0. The van der Waals surface area contributed by atoms with Crippen LogP contribution >= 0.6 is 11.6 Å². The molecule has 0 aromatic heterocycles. The van der Waals surface area contributed by atoms with Gasteiger partial charge in [0, 0.05) is 32.2 Å². The number of alkyl halides is 3. The summed E-state index contributed by atoms with van der Waals surface area (Å²) >= 11 is 5.73. The minimum Gasteiger partial charge on any atom is -0.385 e. The van der Waals surface area contributed by atoms with Crippen LogP contribution in [0.2, 0.25) is 5.02 Å². The molecule has 1 saturated heterocycles. The van der Waals surface area contributed by atoms with E-state index in [0.717, 1.165) is 31.1 Å². The number of nitrogens with zero attached hydrogens (tertiary/aromatic N) is 1. The molecule has 8 heteroatoms. The summed E-state index contributed by atoms with van der Waals surface area (Å²) in [6.07, 6.45) is -1.83. The monoisotopic (exact) mass is 466 g/mol.